The summed E-state index contributed by atoms with van der Waals surface area (Å²) in [6.45, 7) is -0.333. The van der Waals surface area contributed by atoms with E-state index in [2.05, 4.69) is 10.6 Å². The highest BCUT2D eigenvalue weighted by atomic mass is 16.5. The van der Waals surface area contributed by atoms with Gasteiger partial charge in [-0.15, -0.1) is 0 Å². The first-order valence-electron chi connectivity index (χ1n) is 9.20. The minimum absolute atomic E-state index is 0.333. The molecule has 0 radical (unpaired) electrons. The topological polar surface area (TPSA) is 87.7 Å². The van der Waals surface area contributed by atoms with Gasteiger partial charge >= 0.3 is 6.03 Å². The lowest BCUT2D eigenvalue weighted by molar-refractivity contribution is -0.134. The molecule has 2 aromatic carbocycles. The van der Waals surface area contributed by atoms with Gasteiger partial charge in [-0.1, -0.05) is 24.3 Å². The Bertz CT molecular complexity index is 941. The number of hydrogen-bond acceptors (Lipinski definition) is 4. The van der Waals surface area contributed by atoms with Gasteiger partial charge in [-0.05, 0) is 54.7 Å². The Morgan fingerprint density at radius 3 is 2.68 bits per heavy atom. The van der Waals surface area contributed by atoms with E-state index in [0.29, 0.717) is 17.9 Å². The van der Waals surface area contributed by atoms with E-state index in [1.807, 2.05) is 24.3 Å². The van der Waals surface area contributed by atoms with E-state index in [1.54, 1.807) is 31.4 Å². The van der Waals surface area contributed by atoms with Gasteiger partial charge in [0.25, 0.3) is 5.91 Å². The zero-order valence-corrected chi connectivity index (χ0v) is 15.5. The average Bonchev–Trinajstić information content (AvgIpc) is 2.94. The number of aryl methyl sites for hydroxylation is 1. The van der Waals surface area contributed by atoms with Crippen molar-refractivity contribution >= 4 is 23.5 Å². The summed E-state index contributed by atoms with van der Waals surface area (Å²) < 4.78 is 5.08. The van der Waals surface area contributed by atoms with Crippen LogP contribution in [-0.2, 0) is 21.5 Å². The molecule has 0 saturated carbocycles. The monoisotopic (exact) mass is 379 g/mol. The van der Waals surface area contributed by atoms with Crippen LogP contribution < -0.4 is 15.4 Å². The van der Waals surface area contributed by atoms with Gasteiger partial charge in [-0.25, -0.2) is 4.79 Å². The highest BCUT2D eigenvalue weighted by Gasteiger charge is 2.54. The lowest BCUT2D eigenvalue weighted by atomic mass is 9.76. The van der Waals surface area contributed by atoms with Crippen LogP contribution in [0.3, 0.4) is 0 Å². The number of hydrogen-bond donors (Lipinski definition) is 2. The number of rotatable bonds is 4. The van der Waals surface area contributed by atoms with Gasteiger partial charge in [0, 0.05) is 5.69 Å². The summed E-state index contributed by atoms with van der Waals surface area (Å²) in [5.74, 6) is -0.130. The molecule has 0 unspecified atom stereocenters. The number of urea groups is 1. The van der Waals surface area contributed by atoms with Crippen LogP contribution in [0.4, 0.5) is 10.5 Å². The smallest absolute Gasteiger partial charge is 0.325 e. The molecule has 2 aliphatic rings. The summed E-state index contributed by atoms with van der Waals surface area (Å²) in [5, 5.41) is 5.55. The third-order valence-electron chi connectivity index (χ3n) is 5.33. The first kappa shape index (κ1) is 18.0. The van der Waals surface area contributed by atoms with Crippen LogP contribution in [0.1, 0.15) is 24.0 Å². The van der Waals surface area contributed by atoms with Crippen molar-refractivity contribution in [3.8, 4) is 5.75 Å². The molecule has 1 saturated heterocycles. The van der Waals surface area contributed by atoms with Crippen molar-refractivity contribution in [3.05, 3.63) is 59.7 Å². The van der Waals surface area contributed by atoms with Crippen LogP contribution >= 0.6 is 0 Å². The summed E-state index contributed by atoms with van der Waals surface area (Å²) in [7, 11) is 1.56. The van der Waals surface area contributed by atoms with Crippen molar-refractivity contribution in [1.29, 1.82) is 0 Å². The van der Waals surface area contributed by atoms with Gasteiger partial charge < -0.3 is 15.4 Å². The molecule has 1 aliphatic heterocycles. The van der Waals surface area contributed by atoms with E-state index in [-0.39, 0.29) is 12.5 Å². The fourth-order valence-corrected chi connectivity index (χ4v) is 3.97. The van der Waals surface area contributed by atoms with Crippen molar-refractivity contribution in [2.75, 3.05) is 19.0 Å². The summed E-state index contributed by atoms with van der Waals surface area (Å²) in [6.07, 6.45) is 2.21. The Balaban J connectivity index is 1.51. The lowest BCUT2D eigenvalue weighted by Gasteiger charge is -2.33. The molecule has 2 N–H and O–H groups in total. The molecular weight excluding hydrogens is 358 g/mol. The molecule has 1 atom stereocenters. The second-order valence-corrected chi connectivity index (χ2v) is 7.01. The summed E-state index contributed by atoms with van der Waals surface area (Å²) in [4.78, 5) is 39.1. The number of nitrogens with zero attached hydrogens (tertiary/aromatic N) is 1. The summed E-state index contributed by atoms with van der Waals surface area (Å²) in [6, 6.07) is 14.0. The van der Waals surface area contributed by atoms with Gasteiger partial charge in [0.05, 0.1) is 7.11 Å². The maximum absolute atomic E-state index is 13.2. The highest BCUT2D eigenvalue weighted by molar-refractivity contribution is 6.10. The predicted molar refractivity (Wildman–Crippen MR) is 103 cm³/mol. The van der Waals surface area contributed by atoms with Gasteiger partial charge in [0.15, 0.2) is 0 Å². The van der Waals surface area contributed by atoms with E-state index in [9.17, 15) is 14.4 Å². The molecule has 4 amide bonds. The van der Waals surface area contributed by atoms with Gasteiger partial charge in [0.2, 0.25) is 5.91 Å². The van der Waals surface area contributed by atoms with Crippen LogP contribution in [0, 0.1) is 0 Å². The minimum Gasteiger partial charge on any atom is -0.497 e. The second-order valence-electron chi connectivity index (χ2n) is 7.01. The number of carbonyl (C=O) groups excluding carboxylic acids is 3. The van der Waals surface area contributed by atoms with Crippen molar-refractivity contribution in [2.24, 2.45) is 0 Å². The highest BCUT2D eigenvalue weighted by Crippen LogP contribution is 2.39. The van der Waals surface area contributed by atoms with Gasteiger partial charge in [-0.3, -0.25) is 14.5 Å². The standard InChI is InChI=1S/C21H21N3O4/c1-28-16-10-8-15(9-11-16)22-18(25)13-24-19(26)21(23-20(24)27)12-4-6-14-5-2-3-7-17(14)21/h2-3,5,7-11H,4,6,12-13H2,1H3,(H,22,25)(H,23,27)/t21-/m0/s1. The molecule has 144 valence electrons. The Labute approximate surface area is 162 Å². The molecule has 2 aromatic rings. The van der Waals surface area contributed by atoms with Crippen molar-refractivity contribution in [2.45, 2.75) is 24.8 Å². The summed E-state index contributed by atoms with van der Waals surface area (Å²) in [5.41, 5.74) is 1.40. The first-order chi connectivity index (χ1) is 13.5. The fraction of sp³-hybridized carbons (Fsp3) is 0.286. The number of nitrogens with one attached hydrogen (secondary N) is 2. The van der Waals surface area contributed by atoms with Crippen LogP contribution in [0.15, 0.2) is 48.5 Å². The fourth-order valence-electron chi connectivity index (χ4n) is 3.97. The number of carbonyl (C=O) groups is 3. The predicted octanol–water partition coefficient (Wildman–Crippen LogP) is 2.42. The molecule has 1 aliphatic carbocycles. The first-order valence-corrected chi connectivity index (χ1v) is 9.20. The van der Waals surface area contributed by atoms with E-state index >= 15 is 0 Å². The van der Waals surface area contributed by atoms with Crippen molar-refractivity contribution < 1.29 is 19.1 Å². The number of methoxy groups -OCH3 is 1. The SMILES string of the molecule is COc1ccc(NC(=O)CN2C(=O)N[C@]3(CCCc4ccccc43)C2=O)cc1. The van der Waals surface area contributed by atoms with Crippen molar-refractivity contribution in [3.63, 3.8) is 0 Å². The van der Waals surface area contributed by atoms with E-state index < -0.39 is 17.5 Å². The molecule has 4 rings (SSSR count). The third-order valence-corrected chi connectivity index (χ3v) is 5.33. The molecule has 0 aromatic heterocycles. The number of imide groups is 1. The zero-order chi connectivity index (χ0) is 19.7. The number of amides is 4. The van der Waals surface area contributed by atoms with Crippen molar-refractivity contribution in [1.82, 2.24) is 10.2 Å². The number of ether oxygens (including phenoxy) is 1. The van der Waals surface area contributed by atoms with Crippen LogP contribution in [0.5, 0.6) is 5.75 Å². The maximum atomic E-state index is 13.2. The normalized spacial score (nSPS) is 20.7. The number of fused-ring (bicyclic) bond motifs is 2. The Kier molecular flexibility index (Phi) is 4.50. The lowest BCUT2D eigenvalue weighted by Crippen LogP contribution is -2.47. The van der Waals surface area contributed by atoms with Crippen LogP contribution in [0.2, 0.25) is 0 Å². The van der Waals surface area contributed by atoms with E-state index in [4.69, 9.17) is 4.74 Å². The van der Waals surface area contributed by atoms with E-state index in [0.717, 1.165) is 28.9 Å². The molecule has 7 heteroatoms. The second kappa shape index (κ2) is 6.99. The maximum Gasteiger partial charge on any atom is 0.325 e. The molecule has 0 bridgehead atoms. The molecule has 1 heterocycles. The number of benzene rings is 2. The third kappa shape index (κ3) is 2.98. The zero-order valence-electron chi connectivity index (χ0n) is 15.5. The molecule has 1 fully saturated rings. The molecule has 1 spiro atoms. The number of anilines is 1. The molecular formula is C21H21N3O4. The Morgan fingerprint density at radius 1 is 1.18 bits per heavy atom. The minimum atomic E-state index is -1.06. The Morgan fingerprint density at radius 2 is 1.93 bits per heavy atom. The van der Waals surface area contributed by atoms with Crippen LogP contribution in [-0.4, -0.2) is 36.4 Å². The van der Waals surface area contributed by atoms with Gasteiger partial charge in [-0.2, -0.15) is 0 Å². The van der Waals surface area contributed by atoms with E-state index in [1.165, 1.54) is 0 Å². The van der Waals surface area contributed by atoms with Gasteiger partial charge in [0.1, 0.15) is 17.8 Å². The Hall–Kier alpha value is -3.35. The average molecular weight is 379 g/mol. The quantitative estimate of drug-likeness (QED) is 0.799. The van der Waals surface area contributed by atoms with Crippen LogP contribution in [0.25, 0.3) is 0 Å². The molecule has 7 nitrogen and oxygen atoms in total. The summed E-state index contributed by atoms with van der Waals surface area (Å²) >= 11 is 0. The molecule has 28 heavy (non-hydrogen) atoms. The largest absolute Gasteiger partial charge is 0.497 e.